The molecule has 1 heterocycles. The average Bonchev–Trinajstić information content (AvgIpc) is 2.67. The Bertz CT molecular complexity index is 439. The molecule has 5 heteroatoms. The standard InChI is InChI=1S/C12H15ClN2OS/c1-7-10(4-5-16-7)15-11-3-2-8(12(14)17)6-9(11)13/h2-3,6-7,10,15H,4-5H2,1H3,(H2,14,17). The molecule has 0 amide bonds. The van der Waals surface area contributed by atoms with Crippen LogP contribution in [0.2, 0.25) is 5.02 Å². The van der Waals surface area contributed by atoms with Gasteiger partial charge in [0.1, 0.15) is 4.99 Å². The van der Waals surface area contributed by atoms with Crippen LogP contribution in [0, 0.1) is 0 Å². The van der Waals surface area contributed by atoms with Gasteiger partial charge in [-0.2, -0.15) is 0 Å². The largest absolute Gasteiger partial charge is 0.389 e. The summed E-state index contributed by atoms with van der Waals surface area (Å²) in [4.78, 5) is 0.357. The van der Waals surface area contributed by atoms with Crippen LogP contribution in [0.5, 0.6) is 0 Å². The summed E-state index contributed by atoms with van der Waals surface area (Å²) in [6.45, 7) is 2.85. The second-order valence-corrected chi connectivity index (χ2v) is 5.02. The molecule has 0 aromatic heterocycles. The van der Waals surface area contributed by atoms with Gasteiger partial charge in [-0.25, -0.2) is 0 Å². The number of thiocarbonyl (C=S) groups is 1. The Hall–Kier alpha value is -0.840. The third-order valence-electron chi connectivity index (χ3n) is 2.97. The van der Waals surface area contributed by atoms with Crippen molar-refractivity contribution in [3.63, 3.8) is 0 Å². The predicted molar refractivity (Wildman–Crippen MR) is 74.8 cm³/mol. The SMILES string of the molecule is CC1OCCC1Nc1ccc(C(N)=S)cc1Cl. The maximum Gasteiger partial charge on any atom is 0.104 e. The number of halogens is 1. The van der Waals surface area contributed by atoms with Crippen LogP contribution in [-0.2, 0) is 4.74 Å². The van der Waals surface area contributed by atoms with E-state index in [1.54, 1.807) is 6.07 Å². The first-order chi connectivity index (χ1) is 8.08. The molecule has 0 spiro atoms. The maximum atomic E-state index is 6.18. The molecule has 0 bridgehead atoms. The van der Waals surface area contributed by atoms with Gasteiger partial charge in [-0.15, -0.1) is 0 Å². The number of benzene rings is 1. The summed E-state index contributed by atoms with van der Waals surface area (Å²) < 4.78 is 5.49. The van der Waals surface area contributed by atoms with E-state index in [4.69, 9.17) is 34.3 Å². The van der Waals surface area contributed by atoms with E-state index in [1.807, 2.05) is 12.1 Å². The molecule has 3 nitrogen and oxygen atoms in total. The van der Waals surface area contributed by atoms with Crippen molar-refractivity contribution >= 4 is 34.5 Å². The monoisotopic (exact) mass is 270 g/mol. The summed E-state index contributed by atoms with van der Waals surface area (Å²) in [5.41, 5.74) is 7.23. The molecular weight excluding hydrogens is 256 g/mol. The van der Waals surface area contributed by atoms with Crippen molar-refractivity contribution in [3.05, 3.63) is 28.8 Å². The molecule has 2 unspecified atom stereocenters. The number of anilines is 1. The van der Waals surface area contributed by atoms with E-state index < -0.39 is 0 Å². The number of rotatable bonds is 3. The number of hydrogen-bond acceptors (Lipinski definition) is 3. The zero-order valence-corrected chi connectivity index (χ0v) is 11.1. The van der Waals surface area contributed by atoms with Gasteiger partial charge in [0.15, 0.2) is 0 Å². The third kappa shape index (κ3) is 2.89. The Labute approximate surface area is 111 Å². The molecule has 1 saturated heterocycles. The molecule has 2 atom stereocenters. The number of nitrogens with one attached hydrogen (secondary N) is 1. The van der Waals surface area contributed by atoms with Crippen molar-refractivity contribution in [2.24, 2.45) is 5.73 Å². The lowest BCUT2D eigenvalue weighted by atomic mass is 10.1. The van der Waals surface area contributed by atoms with Crippen LogP contribution < -0.4 is 11.1 Å². The zero-order valence-electron chi connectivity index (χ0n) is 9.57. The fourth-order valence-corrected chi connectivity index (χ4v) is 2.27. The van der Waals surface area contributed by atoms with E-state index >= 15 is 0 Å². The molecule has 1 aromatic rings. The lowest BCUT2D eigenvalue weighted by Gasteiger charge is -2.18. The van der Waals surface area contributed by atoms with Crippen molar-refractivity contribution < 1.29 is 4.74 Å². The van der Waals surface area contributed by atoms with Crippen molar-refractivity contribution in [1.82, 2.24) is 0 Å². The van der Waals surface area contributed by atoms with Crippen LogP contribution in [0.15, 0.2) is 18.2 Å². The Morgan fingerprint density at radius 3 is 2.88 bits per heavy atom. The maximum absolute atomic E-state index is 6.18. The Kier molecular flexibility index (Phi) is 3.86. The lowest BCUT2D eigenvalue weighted by molar-refractivity contribution is 0.121. The summed E-state index contributed by atoms with van der Waals surface area (Å²) in [5.74, 6) is 0. The zero-order chi connectivity index (χ0) is 12.4. The van der Waals surface area contributed by atoms with Gasteiger partial charge < -0.3 is 15.8 Å². The summed E-state index contributed by atoms with van der Waals surface area (Å²) in [5, 5.41) is 4.02. The van der Waals surface area contributed by atoms with Gasteiger partial charge >= 0.3 is 0 Å². The van der Waals surface area contributed by atoms with E-state index in [0.29, 0.717) is 16.1 Å². The fourth-order valence-electron chi connectivity index (χ4n) is 1.91. The molecule has 0 aliphatic carbocycles. The van der Waals surface area contributed by atoms with Crippen LogP contribution >= 0.6 is 23.8 Å². The van der Waals surface area contributed by atoms with Crippen molar-refractivity contribution in [2.45, 2.75) is 25.5 Å². The molecule has 1 aliphatic rings. The Balaban J connectivity index is 2.14. The van der Waals surface area contributed by atoms with Gasteiger partial charge in [-0.1, -0.05) is 23.8 Å². The van der Waals surface area contributed by atoms with Gasteiger partial charge in [-0.05, 0) is 31.5 Å². The summed E-state index contributed by atoms with van der Waals surface area (Å²) in [7, 11) is 0. The highest BCUT2D eigenvalue weighted by Crippen LogP contribution is 2.26. The van der Waals surface area contributed by atoms with Crippen LogP contribution in [0.3, 0.4) is 0 Å². The number of ether oxygens (including phenoxy) is 1. The van der Waals surface area contributed by atoms with E-state index in [1.165, 1.54) is 0 Å². The molecule has 1 fully saturated rings. The molecule has 1 aliphatic heterocycles. The second kappa shape index (κ2) is 5.21. The van der Waals surface area contributed by atoms with E-state index in [0.717, 1.165) is 24.3 Å². The van der Waals surface area contributed by atoms with Crippen LogP contribution in [0.25, 0.3) is 0 Å². The molecule has 3 N–H and O–H groups in total. The average molecular weight is 271 g/mol. The van der Waals surface area contributed by atoms with E-state index in [9.17, 15) is 0 Å². The van der Waals surface area contributed by atoms with Crippen molar-refractivity contribution in [1.29, 1.82) is 0 Å². The van der Waals surface area contributed by atoms with Gasteiger partial charge in [0, 0.05) is 12.2 Å². The Morgan fingerprint density at radius 2 is 2.35 bits per heavy atom. The molecule has 2 rings (SSSR count). The normalized spacial score (nSPS) is 23.6. The summed E-state index contributed by atoms with van der Waals surface area (Å²) in [6.07, 6.45) is 1.20. The molecule has 17 heavy (non-hydrogen) atoms. The minimum Gasteiger partial charge on any atom is -0.389 e. The van der Waals surface area contributed by atoms with E-state index in [-0.39, 0.29) is 6.10 Å². The van der Waals surface area contributed by atoms with Crippen LogP contribution in [0.4, 0.5) is 5.69 Å². The van der Waals surface area contributed by atoms with Crippen molar-refractivity contribution in [2.75, 3.05) is 11.9 Å². The minimum atomic E-state index is 0.210. The lowest BCUT2D eigenvalue weighted by Crippen LogP contribution is -2.26. The van der Waals surface area contributed by atoms with Gasteiger partial charge in [0.05, 0.1) is 22.9 Å². The summed E-state index contributed by atoms with van der Waals surface area (Å²) in [6, 6.07) is 5.87. The first kappa shape index (κ1) is 12.6. The molecule has 0 radical (unpaired) electrons. The molecular formula is C12H15ClN2OS. The second-order valence-electron chi connectivity index (χ2n) is 4.17. The summed E-state index contributed by atoms with van der Waals surface area (Å²) >= 11 is 11.1. The van der Waals surface area contributed by atoms with Crippen LogP contribution in [-0.4, -0.2) is 23.7 Å². The quantitative estimate of drug-likeness (QED) is 0.829. The number of nitrogens with two attached hydrogens (primary N) is 1. The third-order valence-corrected chi connectivity index (χ3v) is 3.52. The van der Waals surface area contributed by atoms with Gasteiger partial charge in [0.2, 0.25) is 0 Å². The fraction of sp³-hybridized carbons (Fsp3) is 0.417. The molecule has 0 saturated carbocycles. The van der Waals surface area contributed by atoms with E-state index in [2.05, 4.69) is 12.2 Å². The van der Waals surface area contributed by atoms with Gasteiger partial charge in [0.25, 0.3) is 0 Å². The molecule has 92 valence electrons. The highest BCUT2D eigenvalue weighted by atomic mass is 35.5. The topological polar surface area (TPSA) is 47.3 Å². The minimum absolute atomic E-state index is 0.210. The highest BCUT2D eigenvalue weighted by Gasteiger charge is 2.24. The first-order valence-electron chi connectivity index (χ1n) is 5.55. The smallest absolute Gasteiger partial charge is 0.104 e. The number of hydrogen-bond donors (Lipinski definition) is 2. The molecule has 1 aromatic carbocycles. The highest BCUT2D eigenvalue weighted by molar-refractivity contribution is 7.80. The predicted octanol–water partition coefficient (Wildman–Crippen LogP) is 2.56. The first-order valence-corrected chi connectivity index (χ1v) is 6.34. The Morgan fingerprint density at radius 1 is 1.59 bits per heavy atom. The van der Waals surface area contributed by atoms with Crippen molar-refractivity contribution in [3.8, 4) is 0 Å². The van der Waals surface area contributed by atoms with Gasteiger partial charge in [-0.3, -0.25) is 0 Å². The van der Waals surface area contributed by atoms with Crippen LogP contribution in [0.1, 0.15) is 18.9 Å².